The first-order valence-corrected chi connectivity index (χ1v) is 9.11. The van der Waals surface area contributed by atoms with Crippen LogP contribution in [-0.4, -0.2) is 35.9 Å². The molecule has 1 aromatic heterocycles. The van der Waals surface area contributed by atoms with Crippen LogP contribution in [0.5, 0.6) is 5.75 Å². The first kappa shape index (κ1) is 19.8. The third-order valence-corrected chi connectivity index (χ3v) is 4.58. The van der Waals surface area contributed by atoms with E-state index in [2.05, 4.69) is 54.7 Å². The monoisotopic (exact) mass is 357 g/mol. The van der Waals surface area contributed by atoms with Crippen LogP contribution in [0.2, 0.25) is 0 Å². The van der Waals surface area contributed by atoms with E-state index < -0.39 is 0 Å². The average molecular weight is 358 g/mol. The van der Waals surface area contributed by atoms with Gasteiger partial charge in [0, 0.05) is 31.4 Å². The number of guanidine groups is 1. The van der Waals surface area contributed by atoms with Crippen molar-refractivity contribution in [2.75, 3.05) is 20.2 Å². The van der Waals surface area contributed by atoms with Gasteiger partial charge in [-0.1, -0.05) is 12.1 Å². The van der Waals surface area contributed by atoms with Crippen molar-refractivity contribution >= 4 is 5.96 Å². The molecule has 0 fully saturated rings. The van der Waals surface area contributed by atoms with E-state index in [0.29, 0.717) is 6.54 Å². The van der Waals surface area contributed by atoms with Crippen molar-refractivity contribution in [1.82, 2.24) is 20.4 Å². The van der Waals surface area contributed by atoms with Gasteiger partial charge in [-0.3, -0.25) is 4.68 Å². The zero-order valence-corrected chi connectivity index (χ0v) is 16.8. The molecule has 6 heteroatoms. The summed E-state index contributed by atoms with van der Waals surface area (Å²) in [6.07, 6.45) is 0.909. The molecule has 0 bridgehead atoms. The molecule has 0 unspecified atom stereocenters. The maximum atomic E-state index is 5.40. The van der Waals surface area contributed by atoms with Gasteiger partial charge in [-0.2, -0.15) is 5.10 Å². The Kier molecular flexibility index (Phi) is 7.06. The summed E-state index contributed by atoms with van der Waals surface area (Å²) in [6.45, 7) is 10.5. The SMILES string of the molecule is CCNC(=NCc1c(C)nn(C)c1C)NCCc1ccc(C)c(OC)c1. The van der Waals surface area contributed by atoms with Crippen LogP contribution in [0.4, 0.5) is 0 Å². The molecule has 2 N–H and O–H groups in total. The maximum Gasteiger partial charge on any atom is 0.191 e. The van der Waals surface area contributed by atoms with Gasteiger partial charge in [0.2, 0.25) is 0 Å². The Labute approximate surface area is 156 Å². The molecule has 0 aliphatic carbocycles. The summed E-state index contributed by atoms with van der Waals surface area (Å²) in [4.78, 5) is 4.71. The number of benzene rings is 1. The summed E-state index contributed by atoms with van der Waals surface area (Å²) in [5.74, 6) is 1.76. The van der Waals surface area contributed by atoms with Crippen LogP contribution in [0.1, 0.15) is 35.0 Å². The molecule has 0 aliphatic heterocycles. The summed E-state index contributed by atoms with van der Waals surface area (Å²) in [5.41, 5.74) is 5.79. The lowest BCUT2D eigenvalue weighted by atomic mass is 10.1. The van der Waals surface area contributed by atoms with Crippen molar-refractivity contribution in [2.24, 2.45) is 12.0 Å². The van der Waals surface area contributed by atoms with E-state index in [-0.39, 0.29) is 0 Å². The quantitative estimate of drug-likeness (QED) is 0.591. The van der Waals surface area contributed by atoms with E-state index >= 15 is 0 Å². The zero-order chi connectivity index (χ0) is 19.1. The van der Waals surface area contributed by atoms with Gasteiger partial charge < -0.3 is 15.4 Å². The Hall–Kier alpha value is -2.50. The fraction of sp³-hybridized carbons (Fsp3) is 0.500. The molecule has 6 nitrogen and oxygen atoms in total. The minimum atomic E-state index is 0.624. The number of nitrogens with one attached hydrogen (secondary N) is 2. The predicted molar refractivity (Wildman–Crippen MR) is 107 cm³/mol. The van der Waals surface area contributed by atoms with Gasteiger partial charge in [0.05, 0.1) is 19.3 Å². The smallest absolute Gasteiger partial charge is 0.191 e. The predicted octanol–water partition coefficient (Wildman–Crippen LogP) is 2.65. The number of ether oxygens (including phenoxy) is 1. The molecule has 1 aromatic carbocycles. The molecule has 0 saturated carbocycles. The number of hydrogen-bond acceptors (Lipinski definition) is 3. The van der Waals surface area contributed by atoms with Crippen molar-refractivity contribution in [3.8, 4) is 5.75 Å². The molecule has 0 radical (unpaired) electrons. The van der Waals surface area contributed by atoms with E-state index in [0.717, 1.165) is 48.2 Å². The number of methoxy groups -OCH3 is 1. The highest BCUT2D eigenvalue weighted by Crippen LogP contribution is 2.19. The molecule has 0 aliphatic rings. The van der Waals surface area contributed by atoms with E-state index in [4.69, 9.17) is 9.73 Å². The van der Waals surface area contributed by atoms with Crippen LogP contribution in [-0.2, 0) is 20.0 Å². The molecule has 1 heterocycles. The zero-order valence-electron chi connectivity index (χ0n) is 16.8. The third kappa shape index (κ3) is 5.00. The highest BCUT2D eigenvalue weighted by Gasteiger charge is 2.09. The minimum absolute atomic E-state index is 0.624. The lowest BCUT2D eigenvalue weighted by Gasteiger charge is -2.12. The van der Waals surface area contributed by atoms with Crippen LogP contribution < -0.4 is 15.4 Å². The fourth-order valence-corrected chi connectivity index (χ4v) is 2.89. The number of nitrogens with zero attached hydrogens (tertiary/aromatic N) is 3. The van der Waals surface area contributed by atoms with Gasteiger partial charge in [-0.15, -0.1) is 0 Å². The van der Waals surface area contributed by atoms with E-state index in [1.165, 1.54) is 11.1 Å². The second-order valence-corrected chi connectivity index (χ2v) is 6.45. The first-order valence-electron chi connectivity index (χ1n) is 9.11. The van der Waals surface area contributed by atoms with Gasteiger partial charge in [0.1, 0.15) is 5.75 Å². The summed E-state index contributed by atoms with van der Waals surface area (Å²) in [5, 5.41) is 11.2. The lowest BCUT2D eigenvalue weighted by molar-refractivity contribution is 0.411. The van der Waals surface area contributed by atoms with Gasteiger partial charge in [-0.05, 0) is 51.3 Å². The van der Waals surface area contributed by atoms with E-state index in [1.807, 2.05) is 18.7 Å². The van der Waals surface area contributed by atoms with Gasteiger partial charge >= 0.3 is 0 Å². The van der Waals surface area contributed by atoms with Crippen molar-refractivity contribution in [1.29, 1.82) is 0 Å². The normalized spacial score (nSPS) is 11.5. The standard InChI is InChI=1S/C20H31N5O/c1-7-21-20(23-13-18-15(3)24-25(5)16(18)4)22-11-10-17-9-8-14(2)19(12-17)26-6/h8-9,12H,7,10-11,13H2,1-6H3,(H2,21,22,23). The Morgan fingerprint density at radius 2 is 2.00 bits per heavy atom. The number of aryl methyl sites for hydroxylation is 3. The molecular formula is C20H31N5O. The van der Waals surface area contributed by atoms with Crippen molar-refractivity contribution in [3.63, 3.8) is 0 Å². The van der Waals surface area contributed by atoms with Crippen LogP contribution in [0.15, 0.2) is 23.2 Å². The van der Waals surface area contributed by atoms with Crippen LogP contribution in [0.3, 0.4) is 0 Å². The Bertz CT molecular complexity index is 764. The molecule has 0 atom stereocenters. The van der Waals surface area contributed by atoms with Crippen LogP contribution in [0.25, 0.3) is 0 Å². The summed E-state index contributed by atoms with van der Waals surface area (Å²) in [7, 11) is 3.68. The molecule has 2 aromatic rings. The van der Waals surface area contributed by atoms with Crippen molar-refractivity contribution < 1.29 is 4.74 Å². The lowest BCUT2D eigenvalue weighted by Crippen LogP contribution is -2.38. The third-order valence-electron chi connectivity index (χ3n) is 4.58. The van der Waals surface area contributed by atoms with E-state index in [1.54, 1.807) is 7.11 Å². The maximum absolute atomic E-state index is 5.40. The molecule has 2 rings (SSSR count). The van der Waals surface area contributed by atoms with Gasteiger partial charge in [0.25, 0.3) is 0 Å². The molecule has 142 valence electrons. The molecule has 0 saturated heterocycles. The largest absolute Gasteiger partial charge is 0.496 e. The Morgan fingerprint density at radius 1 is 1.23 bits per heavy atom. The minimum Gasteiger partial charge on any atom is -0.496 e. The second-order valence-electron chi connectivity index (χ2n) is 6.45. The summed E-state index contributed by atoms with van der Waals surface area (Å²) in [6, 6.07) is 6.34. The number of rotatable bonds is 7. The molecular weight excluding hydrogens is 326 g/mol. The van der Waals surface area contributed by atoms with Crippen molar-refractivity contribution in [3.05, 3.63) is 46.3 Å². The number of aromatic nitrogens is 2. The molecule has 0 spiro atoms. The van der Waals surface area contributed by atoms with Crippen LogP contribution >= 0.6 is 0 Å². The first-order chi connectivity index (χ1) is 12.5. The highest BCUT2D eigenvalue weighted by atomic mass is 16.5. The fourth-order valence-electron chi connectivity index (χ4n) is 2.89. The average Bonchev–Trinajstić information content (AvgIpc) is 2.86. The molecule has 0 amide bonds. The topological polar surface area (TPSA) is 63.5 Å². The Morgan fingerprint density at radius 3 is 2.62 bits per heavy atom. The number of hydrogen-bond donors (Lipinski definition) is 2. The van der Waals surface area contributed by atoms with Gasteiger partial charge in [-0.25, -0.2) is 4.99 Å². The molecule has 26 heavy (non-hydrogen) atoms. The number of aliphatic imine (C=N–C) groups is 1. The summed E-state index contributed by atoms with van der Waals surface area (Å²) < 4.78 is 7.31. The summed E-state index contributed by atoms with van der Waals surface area (Å²) >= 11 is 0. The highest BCUT2D eigenvalue weighted by molar-refractivity contribution is 5.79. The van der Waals surface area contributed by atoms with Gasteiger partial charge in [0.15, 0.2) is 5.96 Å². The van der Waals surface area contributed by atoms with Crippen molar-refractivity contribution in [2.45, 2.75) is 40.7 Å². The van der Waals surface area contributed by atoms with E-state index in [9.17, 15) is 0 Å². The second kappa shape index (κ2) is 9.27. The Balaban J connectivity index is 1.97. The van der Waals surface area contributed by atoms with Crippen LogP contribution in [0, 0.1) is 20.8 Å².